The number of halogens is 2. The average Bonchev–Trinajstić information content (AvgIpc) is 2.97. The van der Waals surface area contributed by atoms with Crippen LogP contribution in [0.5, 0.6) is 11.5 Å². The average molecular weight is 470 g/mol. The first kappa shape index (κ1) is 17.8. The van der Waals surface area contributed by atoms with E-state index in [1.807, 2.05) is 12.1 Å². The normalized spacial score (nSPS) is 15.1. The third-order valence-electron chi connectivity index (χ3n) is 3.49. The van der Waals surface area contributed by atoms with Crippen LogP contribution in [0.1, 0.15) is 11.1 Å². The van der Waals surface area contributed by atoms with Crippen LogP contribution >= 0.6 is 34.2 Å². The molecule has 0 unspecified atom stereocenters. The molecule has 5 nitrogen and oxygen atoms in total. The third-order valence-corrected chi connectivity index (χ3v) is 4.49. The van der Waals surface area contributed by atoms with Crippen molar-refractivity contribution in [1.29, 1.82) is 0 Å². The molecule has 25 heavy (non-hydrogen) atoms. The second-order valence-electron chi connectivity index (χ2n) is 5.07. The Labute approximate surface area is 163 Å². The van der Waals surface area contributed by atoms with E-state index in [1.54, 1.807) is 44.6 Å². The highest BCUT2D eigenvalue weighted by Crippen LogP contribution is 2.30. The predicted octanol–water partition coefficient (Wildman–Crippen LogP) is 4.31. The minimum atomic E-state index is -0.528. The van der Waals surface area contributed by atoms with Crippen LogP contribution in [0.2, 0.25) is 5.02 Å². The zero-order valence-corrected chi connectivity index (χ0v) is 16.3. The van der Waals surface area contributed by atoms with E-state index < -0.39 is 5.97 Å². The molecule has 0 saturated heterocycles. The summed E-state index contributed by atoms with van der Waals surface area (Å²) in [6.07, 6.45) is 1.62. The van der Waals surface area contributed by atoms with Crippen LogP contribution in [0.25, 0.3) is 6.08 Å². The van der Waals surface area contributed by atoms with Gasteiger partial charge in [-0.1, -0.05) is 17.7 Å². The molecule has 2 aromatic rings. The summed E-state index contributed by atoms with van der Waals surface area (Å²) in [5.74, 6) is 0.835. The van der Waals surface area contributed by atoms with Crippen LogP contribution < -0.4 is 9.47 Å². The summed E-state index contributed by atoms with van der Waals surface area (Å²) in [5.41, 5.74) is 1.51. The van der Waals surface area contributed by atoms with Gasteiger partial charge in [0, 0.05) is 3.57 Å². The SMILES string of the molecule is COc1ccc(/C=C2\N=C(c3cc(I)ccc3Cl)OC2=O)cc1OC. The molecule has 0 aromatic heterocycles. The van der Waals surface area contributed by atoms with Crippen LogP contribution in [0.4, 0.5) is 0 Å². The molecule has 2 aromatic carbocycles. The van der Waals surface area contributed by atoms with E-state index in [2.05, 4.69) is 27.6 Å². The van der Waals surface area contributed by atoms with E-state index in [4.69, 9.17) is 25.8 Å². The second-order valence-corrected chi connectivity index (χ2v) is 6.73. The fourth-order valence-electron chi connectivity index (χ4n) is 2.29. The summed E-state index contributed by atoms with van der Waals surface area (Å²) >= 11 is 8.34. The van der Waals surface area contributed by atoms with Crippen LogP contribution in [-0.4, -0.2) is 26.1 Å². The summed E-state index contributed by atoms with van der Waals surface area (Å²) in [5, 5.41) is 0.472. The summed E-state index contributed by atoms with van der Waals surface area (Å²) in [6, 6.07) is 10.7. The summed E-state index contributed by atoms with van der Waals surface area (Å²) in [6.45, 7) is 0. The Balaban J connectivity index is 1.97. The standard InChI is InChI=1S/C18H13ClINO4/c1-23-15-6-3-10(8-16(15)24-2)7-14-18(22)25-17(21-14)12-9-11(20)4-5-13(12)19/h3-9H,1-2H3/b14-7-. The van der Waals surface area contributed by atoms with E-state index in [9.17, 15) is 4.79 Å². The van der Waals surface area contributed by atoms with Crippen LogP contribution in [0.15, 0.2) is 47.1 Å². The zero-order valence-electron chi connectivity index (χ0n) is 13.4. The lowest BCUT2D eigenvalue weighted by Gasteiger charge is -2.07. The number of nitrogens with zero attached hydrogens (tertiary/aromatic N) is 1. The van der Waals surface area contributed by atoms with E-state index >= 15 is 0 Å². The number of aliphatic imine (C=N–C) groups is 1. The molecule has 0 saturated carbocycles. The quantitative estimate of drug-likeness (QED) is 0.380. The number of carbonyl (C=O) groups is 1. The lowest BCUT2D eigenvalue weighted by Crippen LogP contribution is -2.06. The molecule has 1 heterocycles. The van der Waals surface area contributed by atoms with Gasteiger partial charge >= 0.3 is 5.97 Å². The molecular formula is C18H13ClINO4. The topological polar surface area (TPSA) is 57.1 Å². The molecule has 7 heteroatoms. The molecule has 1 aliphatic rings. The van der Waals surface area contributed by atoms with Gasteiger partial charge < -0.3 is 14.2 Å². The zero-order chi connectivity index (χ0) is 18.0. The smallest absolute Gasteiger partial charge is 0.363 e. The minimum absolute atomic E-state index is 0.192. The monoisotopic (exact) mass is 469 g/mol. The van der Waals surface area contributed by atoms with Gasteiger partial charge in [-0.25, -0.2) is 9.79 Å². The lowest BCUT2D eigenvalue weighted by molar-refractivity contribution is -0.129. The summed E-state index contributed by atoms with van der Waals surface area (Å²) in [7, 11) is 3.11. The minimum Gasteiger partial charge on any atom is -0.493 e. The van der Waals surface area contributed by atoms with Crippen molar-refractivity contribution in [3.8, 4) is 11.5 Å². The predicted molar refractivity (Wildman–Crippen MR) is 104 cm³/mol. The molecular weight excluding hydrogens is 457 g/mol. The third kappa shape index (κ3) is 3.80. The number of benzene rings is 2. The van der Waals surface area contributed by atoms with Crippen LogP contribution in [0, 0.1) is 3.57 Å². The Hall–Kier alpha value is -2.06. The van der Waals surface area contributed by atoms with E-state index in [0.717, 1.165) is 9.13 Å². The Morgan fingerprint density at radius 3 is 2.60 bits per heavy atom. The second kappa shape index (κ2) is 7.45. The van der Waals surface area contributed by atoms with Gasteiger partial charge in [-0.05, 0) is 64.6 Å². The van der Waals surface area contributed by atoms with Crippen molar-refractivity contribution >= 4 is 52.1 Å². The Kier molecular flexibility index (Phi) is 5.29. The number of hydrogen-bond donors (Lipinski definition) is 0. The number of hydrogen-bond acceptors (Lipinski definition) is 5. The van der Waals surface area contributed by atoms with Gasteiger partial charge in [0.1, 0.15) is 0 Å². The van der Waals surface area contributed by atoms with Crippen LogP contribution in [0.3, 0.4) is 0 Å². The largest absolute Gasteiger partial charge is 0.493 e. The fourth-order valence-corrected chi connectivity index (χ4v) is 2.98. The first-order valence-electron chi connectivity index (χ1n) is 7.22. The number of cyclic esters (lactones) is 1. The molecule has 0 radical (unpaired) electrons. The Morgan fingerprint density at radius 2 is 1.88 bits per heavy atom. The maximum Gasteiger partial charge on any atom is 0.363 e. The van der Waals surface area contributed by atoms with Crippen molar-refractivity contribution in [3.63, 3.8) is 0 Å². The molecule has 3 rings (SSSR count). The fraction of sp³-hybridized carbons (Fsp3) is 0.111. The van der Waals surface area contributed by atoms with Gasteiger partial charge in [0.2, 0.25) is 5.90 Å². The molecule has 128 valence electrons. The van der Waals surface area contributed by atoms with Crippen molar-refractivity contribution in [2.24, 2.45) is 4.99 Å². The number of rotatable bonds is 4. The van der Waals surface area contributed by atoms with Crippen molar-refractivity contribution in [2.45, 2.75) is 0 Å². The van der Waals surface area contributed by atoms with Crippen molar-refractivity contribution in [1.82, 2.24) is 0 Å². The van der Waals surface area contributed by atoms with Crippen molar-refractivity contribution in [2.75, 3.05) is 14.2 Å². The number of methoxy groups -OCH3 is 2. The highest BCUT2D eigenvalue weighted by Gasteiger charge is 2.25. The first-order valence-corrected chi connectivity index (χ1v) is 8.67. The van der Waals surface area contributed by atoms with Gasteiger partial charge in [0.15, 0.2) is 17.2 Å². The molecule has 0 bridgehead atoms. The Morgan fingerprint density at radius 1 is 1.12 bits per heavy atom. The van der Waals surface area contributed by atoms with E-state index in [1.165, 1.54) is 0 Å². The van der Waals surface area contributed by atoms with Crippen molar-refractivity contribution < 1.29 is 19.0 Å². The number of carbonyl (C=O) groups excluding carboxylic acids is 1. The Bertz CT molecular complexity index is 908. The van der Waals surface area contributed by atoms with Gasteiger partial charge in [0.05, 0.1) is 24.8 Å². The van der Waals surface area contributed by atoms with Crippen LogP contribution in [-0.2, 0) is 9.53 Å². The van der Waals surface area contributed by atoms with Gasteiger partial charge in [0.25, 0.3) is 0 Å². The first-order chi connectivity index (χ1) is 12.0. The van der Waals surface area contributed by atoms with Gasteiger partial charge in [-0.15, -0.1) is 0 Å². The molecule has 0 spiro atoms. The molecule has 0 aliphatic carbocycles. The summed E-state index contributed by atoms with van der Waals surface area (Å²) in [4.78, 5) is 16.4. The van der Waals surface area contributed by atoms with Gasteiger partial charge in [-0.3, -0.25) is 0 Å². The van der Waals surface area contributed by atoms with Gasteiger partial charge in [-0.2, -0.15) is 0 Å². The number of ether oxygens (including phenoxy) is 3. The summed E-state index contributed by atoms with van der Waals surface area (Å²) < 4.78 is 16.7. The maximum absolute atomic E-state index is 12.1. The van der Waals surface area contributed by atoms with Crippen molar-refractivity contribution in [3.05, 3.63) is 61.8 Å². The number of esters is 1. The highest BCUT2D eigenvalue weighted by molar-refractivity contribution is 14.1. The molecule has 0 amide bonds. The highest BCUT2D eigenvalue weighted by atomic mass is 127. The lowest BCUT2D eigenvalue weighted by atomic mass is 10.1. The molecule has 1 aliphatic heterocycles. The molecule has 0 N–H and O–H groups in total. The van der Waals surface area contributed by atoms with E-state index in [-0.39, 0.29) is 11.6 Å². The molecule has 0 fully saturated rings. The molecule has 0 atom stereocenters. The van der Waals surface area contributed by atoms with E-state index in [0.29, 0.717) is 22.1 Å². The maximum atomic E-state index is 12.1.